The molecular formula is C24H25N5OS. The van der Waals surface area contributed by atoms with E-state index in [-0.39, 0.29) is 5.91 Å². The van der Waals surface area contributed by atoms with Gasteiger partial charge in [0, 0.05) is 37.0 Å². The number of carbonyl (C=O) groups is 1. The molecule has 1 saturated heterocycles. The molecule has 1 aromatic carbocycles. The van der Waals surface area contributed by atoms with Crippen LogP contribution in [0.2, 0.25) is 0 Å². The van der Waals surface area contributed by atoms with E-state index in [0.717, 1.165) is 53.7 Å². The van der Waals surface area contributed by atoms with Gasteiger partial charge in [0.2, 0.25) is 0 Å². The molecule has 1 aliphatic carbocycles. The van der Waals surface area contributed by atoms with Crippen molar-refractivity contribution in [2.45, 2.75) is 39.2 Å². The Morgan fingerprint density at radius 2 is 2.03 bits per heavy atom. The van der Waals surface area contributed by atoms with E-state index in [1.54, 1.807) is 12.1 Å². The molecule has 0 N–H and O–H groups in total. The Hall–Kier alpha value is -2.98. The van der Waals surface area contributed by atoms with Gasteiger partial charge in [-0.1, -0.05) is 19.1 Å². The molecule has 158 valence electrons. The number of nitriles is 1. The van der Waals surface area contributed by atoms with Gasteiger partial charge in [0.25, 0.3) is 5.91 Å². The Morgan fingerprint density at radius 1 is 1.23 bits per heavy atom. The highest BCUT2D eigenvalue weighted by Gasteiger charge is 2.27. The van der Waals surface area contributed by atoms with Gasteiger partial charge < -0.3 is 4.90 Å². The van der Waals surface area contributed by atoms with E-state index in [1.165, 1.54) is 30.6 Å². The van der Waals surface area contributed by atoms with Crippen LogP contribution in [0.25, 0.3) is 21.7 Å². The largest absolute Gasteiger partial charge is 0.336 e. The molecule has 0 radical (unpaired) electrons. The minimum Gasteiger partial charge on any atom is -0.336 e. The summed E-state index contributed by atoms with van der Waals surface area (Å²) in [5.74, 6) is 1.28. The van der Waals surface area contributed by atoms with Gasteiger partial charge in [-0.15, -0.1) is 11.3 Å². The first-order chi connectivity index (χ1) is 15.1. The van der Waals surface area contributed by atoms with Crippen LogP contribution in [0.4, 0.5) is 0 Å². The first kappa shape index (κ1) is 20.0. The highest BCUT2D eigenvalue weighted by atomic mass is 32.1. The molecule has 2 fully saturated rings. The van der Waals surface area contributed by atoms with E-state index in [4.69, 9.17) is 10.2 Å². The highest BCUT2D eigenvalue weighted by molar-refractivity contribution is 7.17. The van der Waals surface area contributed by atoms with Crippen molar-refractivity contribution in [2.24, 2.45) is 11.8 Å². The monoisotopic (exact) mass is 431 g/mol. The summed E-state index contributed by atoms with van der Waals surface area (Å²) < 4.78 is 2.00. The number of aromatic nitrogens is 3. The average Bonchev–Trinajstić information content (AvgIpc) is 3.30. The quantitative estimate of drug-likeness (QED) is 0.580. The second-order valence-electron chi connectivity index (χ2n) is 8.78. The minimum atomic E-state index is 0.0167. The molecule has 31 heavy (non-hydrogen) atoms. The van der Waals surface area contributed by atoms with Crippen LogP contribution in [0.15, 0.2) is 36.7 Å². The van der Waals surface area contributed by atoms with Crippen molar-refractivity contribution in [3.63, 3.8) is 0 Å². The van der Waals surface area contributed by atoms with Gasteiger partial charge in [0.15, 0.2) is 5.01 Å². The summed E-state index contributed by atoms with van der Waals surface area (Å²) in [4.78, 5) is 20.9. The lowest BCUT2D eigenvalue weighted by molar-refractivity contribution is 0.0682. The molecule has 5 rings (SSSR count). The van der Waals surface area contributed by atoms with E-state index >= 15 is 0 Å². The number of carbonyl (C=O) groups excluding carboxylic acids is 1. The van der Waals surface area contributed by atoms with E-state index in [9.17, 15) is 4.79 Å². The highest BCUT2D eigenvalue weighted by Crippen LogP contribution is 2.38. The molecule has 1 atom stereocenters. The van der Waals surface area contributed by atoms with E-state index in [2.05, 4.69) is 24.3 Å². The summed E-state index contributed by atoms with van der Waals surface area (Å²) in [5, 5.41) is 14.2. The summed E-state index contributed by atoms with van der Waals surface area (Å²) in [5.41, 5.74) is 3.29. The Balaban J connectivity index is 1.51. The maximum atomic E-state index is 13.2. The summed E-state index contributed by atoms with van der Waals surface area (Å²) in [6.45, 7) is 4.73. The van der Waals surface area contributed by atoms with Crippen LogP contribution in [0.5, 0.6) is 0 Å². The third kappa shape index (κ3) is 4.26. The summed E-state index contributed by atoms with van der Waals surface area (Å²) in [7, 11) is 0. The maximum absolute atomic E-state index is 13.2. The molecule has 7 heteroatoms. The Kier molecular flexibility index (Phi) is 5.33. The van der Waals surface area contributed by atoms with E-state index < -0.39 is 0 Å². The molecule has 2 aliphatic rings. The number of amides is 1. The molecule has 6 nitrogen and oxygen atoms in total. The second kappa shape index (κ2) is 8.27. The molecule has 3 heterocycles. The number of likely N-dealkylation sites (tertiary alicyclic amines) is 1. The van der Waals surface area contributed by atoms with E-state index in [0.29, 0.717) is 16.5 Å². The number of thiazole rings is 1. The van der Waals surface area contributed by atoms with Crippen molar-refractivity contribution < 1.29 is 4.79 Å². The average molecular weight is 432 g/mol. The molecule has 2 aromatic heterocycles. The number of piperidine rings is 1. The maximum Gasteiger partial charge on any atom is 0.282 e. The lowest BCUT2D eigenvalue weighted by atomic mass is 10.0. The van der Waals surface area contributed by atoms with Crippen molar-refractivity contribution in [2.75, 3.05) is 13.1 Å². The van der Waals surface area contributed by atoms with Gasteiger partial charge in [0.1, 0.15) is 0 Å². The number of rotatable bonds is 5. The van der Waals surface area contributed by atoms with Gasteiger partial charge in [-0.2, -0.15) is 10.4 Å². The van der Waals surface area contributed by atoms with Gasteiger partial charge in [-0.25, -0.2) is 4.98 Å². The van der Waals surface area contributed by atoms with Gasteiger partial charge in [0.05, 0.1) is 28.4 Å². The fraction of sp³-hybridized carbons (Fsp3) is 0.417. The predicted molar refractivity (Wildman–Crippen MR) is 121 cm³/mol. The standard InChI is InChI=1S/C24H25N5OS/c1-16-3-2-10-28(13-16)24(30)23-27-21(19-8-6-17(11-25)7-9-19)22(31-23)20-12-26-29(15-20)14-18-4-5-18/h6-9,12,15-16,18H,2-5,10,13-14H2,1H3/t16-/m1/s1. The Labute approximate surface area is 186 Å². The topological polar surface area (TPSA) is 74.8 Å². The molecule has 1 saturated carbocycles. The van der Waals surface area contributed by atoms with Crippen molar-refractivity contribution in [1.29, 1.82) is 5.26 Å². The third-order valence-corrected chi connectivity index (χ3v) is 7.17. The zero-order valence-electron chi connectivity index (χ0n) is 17.6. The smallest absolute Gasteiger partial charge is 0.282 e. The van der Waals surface area contributed by atoms with Crippen molar-refractivity contribution in [3.05, 3.63) is 47.2 Å². The van der Waals surface area contributed by atoms with Crippen molar-refractivity contribution in [3.8, 4) is 27.8 Å². The van der Waals surface area contributed by atoms with Crippen LogP contribution in [0.3, 0.4) is 0 Å². The zero-order chi connectivity index (χ0) is 21.4. The third-order valence-electron chi connectivity index (χ3n) is 6.08. The van der Waals surface area contributed by atoms with Crippen LogP contribution < -0.4 is 0 Å². The first-order valence-electron chi connectivity index (χ1n) is 10.9. The van der Waals surface area contributed by atoms with Crippen molar-refractivity contribution in [1.82, 2.24) is 19.7 Å². The fourth-order valence-corrected chi connectivity index (χ4v) is 5.19. The molecular weight excluding hydrogens is 406 g/mol. The van der Waals surface area contributed by atoms with Crippen LogP contribution in [-0.4, -0.2) is 38.7 Å². The van der Waals surface area contributed by atoms with Gasteiger partial charge in [-0.05, 0) is 49.7 Å². The summed E-state index contributed by atoms with van der Waals surface area (Å²) in [6, 6.07) is 9.56. The number of benzene rings is 1. The molecule has 1 aliphatic heterocycles. The first-order valence-corrected chi connectivity index (χ1v) is 11.8. The normalized spacial score (nSPS) is 18.7. The lowest BCUT2D eigenvalue weighted by Crippen LogP contribution is -2.39. The van der Waals surface area contributed by atoms with Crippen LogP contribution in [0.1, 0.15) is 48.0 Å². The van der Waals surface area contributed by atoms with Crippen LogP contribution in [0, 0.1) is 23.2 Å². The molecule has 0 spiro atoms. The molecule has 0 bridgehead atoms. The van der Waals surface area contributed by atoms with Gasteiger partial charge >= 0.3 is 0 Å². The SMILES string of the molecule is C[C@@H]1CCCN(C(=O)c2nc(-c3ccc(C#N)cc3)c(-c3cnn(CC4CC4)c3)s2)C1. The van der Waals surface area contributed by atoms with E-state index in [1.807, 2.05) is 27.9 Å². The summed E-state index contributed by atoms with van der Waals surface area (Å²) in [6.07, 6.45) is 8.71. The molecule has 3 aromatic rings. The molecule has 0 unspecified atom stereocenters. The predicted octanol–water partition coefficient (Wildman–Crippen LogP) is 4.83. The Bertz CT molecular complexity index is 1140. The van der Waals surface area contributed by atoms with Gasteiger partial charge in [-0.3, -0.25) is 9.48 Å². The number of hydrogen-bond donors (Lipinski definition) is 0. The lowest BCUT2D eigenvalue weighted by Gasteiger charge is -2.30. The number of hydrogen-bond acceptors (Lipinski definition) is 5. The molecule has 1 amide bonds. The fourth-order valence-electron chi connectivity index (χ4n) is 4.16. The second-order valence-corrected chi connectivity index (χ2v) is 9.78. The van der Waals surface area contributed by atoms with Crippen LogP contribution >= 0.6 is 11.3 Å². The zero-order valence-corrected chi connectivity index (χ0v) is 18.4. The van der Waals surface area contributed by atoms with Crippen molar-refractivity contribution >= 4 is 17.2 Å². The van der Waals surface area contributed by atoms with Crippen LogP contribution in [-0.2, 0) is 6.54 Å². The Morgan fingerprint density at radius 3 is 2.74 bits per heavy atom. The minimum absolute atomic E-state index is 0.0167. The number of nitrogens with zero attached hydrogens (tertiary/aromatic N) is 5. The summed E-state index contributed by atoms with van der Waals surface area (Å²) >= 11 is 1.45.